The summed E-state index contributed by atoms with van der Waals surface area (Å²) in [5.74, 6) is -1.07. The van der Waals surface area contributed by atoms with Crippen LogP contribution in [-0.2, 0) is 20.7 Å². The second kappa shape index (κ2) is 10.1. The summed E-state index contributed by atoms with van der Waals surface area (Å²) >= 11 is 0. The van der Waals surface area contributed by atoms with Crippen molar-refractivity contribution in [1.29, 1.82) is 0 Å². The Morgan fingerprint density at radius 1 is 1.17 bits per heavy atom. The minimum absolute atomic E-state index is 0.00213. The molecule has 1 fully saturated rings. The molecule has 1 aromatic rings. The van der Waals surface area contributed by atoms with Crippen molar-refractivity contribution in [1.82, 2.24) is 5.32 Å². The lowest BCUT2D eigenvalue weighted by Crippen LogP contribution is -2.39. The van der Waals surface area contributed by atoms with Gasteiger partial charge < -0.3 is 15.2 Å². The third-order valence-corrected chi connectivity index (χ3v) is 4.46. The van der Waals surface area contributed by atoms with Crippen molar-refractivity contribution in [3.05, 3.63) is 35.9 Å². The number of benzene rings is 1. The van der Waals surface area contributed by atoms with E-state index in [2.05, 4.69) is 17.4 Å². The Kier molecular flexibility index (Phi) is 7.75. The fraction of sp³-hybridized carbons (Fsp3) is 0.579. The highest BCUT2D eigenvalue weighted by atomic mass is 16.5. The van der Waals surface area contributed by atoms with E-state index in [0.29, 0.717) is 32.5 Å². The molecule has 2 rings (SSSR count). The van der Waals surface area contributed by atoms with Crippen LogP contribution in [-0.4, -0.2) is 36.2 Å². The largest absolute Gasteiger partial charge is 0.481 e. The number of ether oxygens (including phenoxy) is 1. The lowest BCUT2D eigenvalue weighted by molar-refractivity contribution is -0.143. The maximum Gasteiger partial charge on any atom is 0.306 e. The van der Waals surface area contributed by atoms with Crippen molar-refractivity contribution < 1.29 is 19.4 Å². The predicted octanol–water partition coefficient (Wildman–Crippen LogP) is 2.79. The quantitative estimate of drug-likeness (QED) is 0.681. The van der Waals surface area contributed by atoms with E-state index in [9.17, 15) is 9.59 Å². The molecule has 0 bridgehead atoms. The third-order valence-electron chi connectivity index (χ3n) is 4.46. The Bertz CT molecular complexity index is 517. The first-order chi connectivity index (χ1) is 11.6. The van der Waals surface area contributed by atoms with Gasteiger partial charge in [-0.1, -0.05) is 36.8 Å². The van der Waals surface area contributed by atoms with Crippen molar-refractivity contribution >= 4 is 11.9 Å². The lowest BCUT2D eigenvalue weighted by Gasteiger charge is -2.27. The Morgan fingerprint density at radius 3 is 2.71 bits per heavy atom. The molecule has 0 spiro atoms. The van der Waals surface area contributed by atoms with Gasteiger partial charge in [-0.3, -0.25) is 9.59 Å². The molecule has 5 nitrogen and oxygen atoms in total. The summed E-state index contributed by atoms with van der Waals surface area (Å²) in [5.41, 5.74) is 1.25. The van der Waals surface area contributed by atoms with Gasteiger partial charge in [0.05, 0.1) is 12.5 Å². The molecule has 24 heavy (non-hydrogen) atoms. The van der Waals surface area contributed by atoms with Crippen molar-refractivity contribution in [2.45, 2.75) is 51.0 Å². The summed E-state index contributed by atoms with van der Waals surface area (Å²) < 4.78 is 5.57. The molecular weight excluding hydrogens is 306 g/mol. The van der Waals surface area contributed by atoms with Gasteiger partial charge >= 0.3 is 5.97 Å². The zero-order valence-electron chi connectivity index (χ0n) is 14.1. The normalized spacial score (nSPS) is 20.5. The van der Waals surface area contributed by atoms with Crippen molar-refractivity contribution in [2.24, 2.45) is 5.92 Å². The van der Waals surface area contributed by atoms with Gasteiger partial charge in [0, 0.05) is 19.1 Å². The molecule has 0 saturated heterocycles. The van der Waals surface area contributed by atoms with E-state index in [1.165, 1.54) is 5.56 Å². The van der Waals surface area contributed by atoms with Crippen LogP contribution in [0.3, 0.4) is 0 Å². The SMILES string of the molecule is O=C(CCCOCCc1ccccc1)NC1CCCC(C(=O)O)C1. The molecule has 1 saturated carbocycles. The molecule has 0 aromatic heterocycles. The van der Waals surface area contributed by atoms with Crippen LogP contribution in [0.5, 0.6) is 0 Å². The Morgan fingerprint density at radius 2 is 1.96 bits per heavy atom. The topological polar surface area (TPSA) is 75.6 Å². The van der Waals surface area contributed by atoms with E-state index in [-0.39, 0.29) is 17.9 Å². The summed E-state index contributed by atoms with van der Waals surface area (Å²) in [7, 11) is 0. The Hall–Kier alpha value is -1.88. The van der Waals surface area contributed by atoms with Gasteiger partial charge in [0.25, 0.3) is 0 Å². The summed E-state index contributed by atoms with van der Waals surface area (Å²) in [6.45, 7) is 1.23. The number of hydrogen-bond donors (Lipinski definition) is 2. The molecule has 5 heteroatoms. The van der Waals surface area contributed by atoms with E-state index in [0.717, 1.165) is 25.7 Å². The first-order valence-corrected chi connectivity index (χ1v) is 8.79. The summed E-state index contributed by atoms with van der Waals surface area (Å²) in [5, 5.41) is 12.0. The highest BCUT2D eigenvalue weighted by Crippen LogP contribution is 2.24. The minimum Gasteiger partial charge on any atom is -0.481 e. The molecule has 1 aromatic carbocycles. The highest BCUT2D eigenvalue weighted by Gasteiger charge is 2.27. The van der Waals surface area contributed by atoms with Crippen LogP contribution < -0.4 is 5.32 Å². The zero-order valence-corrected chi connectivity index (χ0v) is 14.1. The highest BCUT2D eigenvalue weighted by molar-refractivity contribution is 5.76. The lowest BCUT2D eigenvalue weighted by atomic mass is 9.86. The van der Waals surface area contributed by atoms with Crippen LogP contribution in [0.2, 0.25) is 0 Å². The fourth-order valence-electron chi connectivity index (χ4n) is 3.12. The van der Waals surface area contributed by atoms with E-state index in [1.807, 2.05) is 18.2 Å². The Balaban J connectivity index is 1.52. The standard InChI is InChI=1S/C19H27NO4/c21-18(20-17-9-4-8-16(14-17)19(22)23)10-5-12-24-13-11-15-6-2-1-3-7-15/h1-3,6-7,16-17H,4-5,8-14H2,(H,20,21)(H,22,23). The van der Waals surface area contributed by atoms with E-state index in [1.54, 1.807) is 0 Å². The van der Waals surface area contributed by atoms with Gasteiger partial charge in [0.2, 0.25) is 5.91 Å². The number of aliphatic carboxylic acids is 1. The van der Waals surface area contributed by atoms with Crippen LogP contribution in [0.25, 0.3) is 0 Å². The smallest absolute Gasteiger partial charge is 0.306 e. The van der Waals surface area contributed by atoms with Gasteiger partial charge in [-0.15, -0.1) is 0 Å². The van der Waals surface area contributed by atoms with Gasteiger partial charge in [0.15, 0.2) is 0 Å². The van der Waals surface area contributed by atoms with E-state index < -0.39 is 5.97 Å². The monoisotopic (exact) mass is 333 g/mol. The number of carbonyl (C=O) groups excluding carboxylic acids is 1. The molecular formula is C19H27NO4. The molecule has 0 heterocycles. The Labute approximate surface area is 143 Å². The maximum atomic E-state index is 11.9. The summed E-state index contributed by atoms with van der Waals surface area (Å²) in [6, 6.07) is 10.2. The van der Waals surface area contributed by atoms with E-state index in [4.69, 9.17) is 9.84 Å². The number of hydrogen-bond acceptors (Lipinski definition) is 3. The van der Waals surface area contributed by atoms with Gasteiger partial charge in [-0.2, -0.15) is 0 Å². The van der Waals surface area contributed by atoms with Gasteiger partial charge in [-0.05, 0) is 37.7 Å². The van der Waals surface area contributed by atoms with Crippen LogP contribution in [0.15, 0.2) is 30.3 Å². The van der Waals surface area contributed by atoms with Gasteiger partial charge in [-0.25, -0.2) is 0 Å². The molecule has 0 aliphatic heterocycles. The second-order valence-corrected chi connectivity index (χ2v) is 6.42. The third kappa shape index (κ3) is 6.71. The predicted molar refractivity (Wildman–Crippen MR) is 91.7 cm³/mol. The number of nitrogens with one attached hydrogen (secondary N) is 1. The molecule has 2 atom stereocenters. The van der Waals surface area contributed by atoms with Crippen molar-refractivity contribution in [3.63, 3.8) is 0 Å². The van der Waals surface area contributed by atoms with Crippen molar-refractivity contribution in [3.8, 4) is 0 Å². The fourth-order valence-corrected chi connectivity index (χ4v) is 3.12. The minimum atomic E-state index is -0.749. The molecule has 1 aliphatic carbocycles. The summed E-state index contributed by atoms with van der Waals surface area (Å²) in [4.78, 5) is 23.0. The van der Waals surface area contributed by atoms with Crippen LogP contribution in [0.4, 0.5) is 0 Å². The first kappa shape index (κ1) is 18.5. The average molecular weight is 333 g/mol. The number of carboxylic acids is 1. The zero-order chi connectivity index (χ0) is 17.2. The molecule has 132 valence electrons. The maximum absolute atomic E-state index is 11.9. The molecule has 2 unspecified atom stereocenters. The summed E-state index contributed by atoms with van der Waals surface area (Å²) in [6.07, 6.45) is 5.01. The molecule has 1 aliphatic rings. The second-order valence-electron chi connectivity index (χ2n) is 6.42. The first-order valence-electron chi connectivity index (χ1n) is 8.79. The number of carbonyl (C=O) groups is 2. The van der Waals surface area contributed by atoms with Crippen LogP contribution in [0.1, 0.15) is 44.1 Å². The number of rotatable bonds is 9. The average Bonchev–Trinajstić information content (AvgIpc) is 2.59. The van der Waals surface area contributed by atoms with Gasteiger partial charge in [0.1, 0.15) is 0 Å². The van der Waals surface area contributed by atoms with Crippen molar-refractivity contribution in [2.75, 3.05) is 13.2 Å². The van der Waals surface area contributed by atoms with E-state index >= 15 is 0 Å². The number of carboxylic acid groups (broad SMARTS) is 1. The molecule has 2 N–H and O–H groups in total. The van der Waals surface area contributed by atoms with Crippen LogP contribution >= 0.6 is 0 Å². The molecule has 1 amide bonds. The number of amides is 1. The molecule has 0 radical (unpaired) electrons. The van der Waals surface area contributed by atoms with Crippen LogP contribution in [0, 0.1) is 5.92 Å².